The second kappa shape index (κ2) is 8.40. The molecule has 0 saturated heterocycles. The van der Waals surface area contributed by atoms with Crippen molar-refractivity contribution in [2.24, 2.45) is 0 Å². The smallest absolute Gasteiger partial charge is 0.349 e. The third kappa shape index (κ3) is 4.38. The van der Waals surface area contributed by atoms with Crippen molar-refractivity contribution in [1.82, 2.24) is 0 Å². The molecule has 0 radical (unpaired) electrons. The number of hydrogen-bond acceptors (Lipinski definition) is 6. The van der Waals surface area contributed by atoms with Crippen LogP contribution in [0, 0.1) is 11.3 Å². The van der Waals surface area contributed by atoms with Crippen molar-refractivity contribution < 1.29 is 23.8 Å². The average molecular weight is 377 g/mol. The van der Waals surface area contributed by atoms with Gasteiger partial charge in [0.1, 0.15) is 11.6 Å². The van der Waals surface area contributed by atoms with E-state index >= 15 is 0 Å². The van der Waals surface area contributed by atoms with Crippen LogP contribution >= 0.6 is 0 Å². The van der Waals surface area contributed by atoms with Crippen LogP contribution in [0.3, 0.4) is 0 Å². The van der Waals surface area contributed by atoms with Crippen LogP contribution in [0.5, 0.6) is 11.5 Å². The second-order valence-corrected chi connectivity index (χ2v) is 6.56. The lowest BCUT2D eigenvalue weighted by Crippen LogP contribution is -2.15. The van der Waals surface area contributed by atoms with Crippen molar-refractivity contribution in [3.63, 3.8) is 0 Å². The van der Waals surface area contributed by atoms with Gasteiger partial charge in [0.25, 0.3) is 0 Å². The maximum atomic E-state index is 12.2. The van der Waals surface area contributed by atoms with Gasteiger partial charge in [-0.05, 0) is 41.3 Å². The molecule has 0 spiro atoms. The number of rotatable bonds is 6. The van der Waals surface area contributed by atoms with Gasteiger partial charge in [0.2, 0.25) is 6.79 Å². The first kappa shape index (κ1) is 19.2. The molecule has 1 aliphatic heterocycles. The van der Waals surface area contributed by atoms with Crippen LogP contribution < -0.4 is 9.47 Å². The van der Waals surface area contributed by atoms with Crippen LogP contribution in [-0.2, 0) is 9.53 Å². The van der Waals surface area contributed by atoms with Gasteiger partial charge in [-0.15, -0.1) is 0 Å². The normalized spacial score (nSPS) is 12.6. The first-order valence-electron chi connectivity index (χ1n) is 8.79. The Morgan fingerprint density at radius 2 is 1.86 bits per heavy atom. The van der Waals surface area contributed by atoms with Gasteiger partial charge in [0.05, 0.1) is 0 Å². The summed E-state index contributed by atoms with van der Waals surface area (Å²) in [7, 11) is 0. The molecule has 0 aliphatic carbocycles. The fourth-order valence-electron chi connectivity index (χ4n) is 2.64. The molecule has 1 aliphatic rings. The van der Waals surface area contributed by atoms with E-state index in [9.17, 15) is 14.9 Å². The summed E-state index contributed by atoms with van der Waals surface area (Å²) in [5.41, 5.74) is 2.03. The minimum absolute atomic E-state index is 0.108. The lowest BCUT2D eigenvalue weighted by Gasteiger charge is -2.06. The Hall–Kier alpha value is -3.59. The maximum absolute atomic E-state index is 12.2. The quantitative estimate of drug-likeness (QED) is 0.329. The maximum Gasteiger partial charge on any atom is 0.349 e. The van der Waals surface area contributed by atoms with Crippen molar-refractivity contribution >= 4 is 17.8 Å². The largest absolute Gasteiger partial charge is 0.454 e. The van der Waals surface area contributed by atoms with Crippen LogP contribution in [0.15, 0.2) is 48.0 Å². The highest BCUT2D eigenvalue weighted by Crippen LogP contribution is 2.32. The van der Waals surface area contributed by atoms with Crippen molar-refractivity contribution in [1.29, 1.82) is 5.26 Å². The predicted octanol–water partition coefficient (Wildman–Crippen LogP) is 3.87. The molecule has 0 bridgehead atoms. The Labute approximate surface area is 162 Å². The van der Waals surface area contributed by atoms with Gasteiger partial charge in [-0.1, -0.05) is 38.1 Å². The predicted molar refractivity (Wildman–Crippen MR) is 102 cm³/mol. The minimum atomic E-state index is -0.843. The standard InChI is InChI=1S/C22H19NO5/c1-14(2)16-5-3-15(4-6-16)9-18(11-23)22(25)26-12-19(24)17-7-8-20-21(10-17)28-13-27-20/h3-10,14H,12-13H2,1-2H3/b18-9+. The highest BCUT2D eigenvalue weighted by molar-refractivity contribution is 6.02. The summed E-state index contributed by atoms with van der Waals surface area (Å²) in [4.78, 5) is 24.4. The minimum Gasteiger partial charge on any atom is -0.454 e. The number of Topliss-reactive ketones (excluding diaryl/α,β-unsaturated/α-hetero) is 1. The Morgan fingerprint density at radius 1 is 1.14 bits per heavy atom. The molecule has 0 saturated carbocycles. The van der Waals surface area contributed by atoms with E-state index in [0.717, 1.165) is 5.56 Å². The number of benzene rings is 2. The zero-order chi connectivity index (χ0) is 20.1. The fourth-order valence-corrected chi connectivity index (χ4v) is 2.64. The average Bonchev–Trinajstić information content (AvgIpc) is 3.18. The molecule has 0 N–H and O–H groups in total. The fraction of sp³-hybridized carbons (Fsp3) is 0.227. The number of ketones is 1. The zero-order valence-electron chi connectivity index (χ0n) is 15.6. The molecule has 6 heteroatoms. The summed E-state index contributed by atoms with van der Waals surface area (Å²) in [6.07, 6.45) is 1.44. The monoisotopic (exact) mass is 377 g/mol. The SMILES string of the molecule is CC(C)c1ccc(/C=C(\C#N)C(=O)OCC(=O)c2ccc3c(c2)OCO3)cc1. The summed E-state index contributed by atoms with van der Waals surface area (Å²) in [6.45, 7) is 3.81. The van der Waals surface area contributed by atoms with Crippen LogP contribution in [0.1, 0.15) is 41.3 Å². The van der Waals surface area contributed by atoms with Gasteiger partial charge in [0.15, 0.2) is 23.9 Å². The summed E-state index contributed by atoms with van der Waals surface area (Å²) in [5.74, 6) is 0.182. The third-order valence-electron chi connectivity index (χ3n) is 4.28. The number of nitrogens with zero attached hydrogens (tertiary/aromatic N) is 1. The molecule has 2 aromatic rings. The van der Waals surface area contributed by atoms with Gasteiger partial charge in [-0.2, -0.15) is 5.26 Å². The topological polar surface area (TPSA) is 85.6 Å². The first-order valence-corrected chi connectivity index (χ1v) is 8.79. The number of carbonyl (C=O) groups excluding carboxylic acids is 2. The number of ether oxygens (including phenoxy) is 3. The molecule has 142 valence electrons. The van der Waals surface area contributed by atoms with Gasteiger partial charge >= 0.3 is 5.97 Å². The van der Waals surface area contributed by atoms with E-state index in [2.05, 4.69) is 13.8 Å². The van der Waals surface area contributed by atoms with Crippen molar-refractivity contribution in [2.45, 2.75) is 19.8 Å². The first-order chi connectivity index (χ1) is 13.5. The number of esters is 1. The number of carbonyl (C=O) groups is 2. The van der Waals surface area contributed by atoms with E-state index in [0.29, 0.717) is 28.5 Å². The van der Waals surface area contributed by atoms with E-state index in [-0.39, 0.29) is 12.4 Å². The summed E-state index contributed by atoms with van der Waals surface area (Å²) in [5, 5.41) is 9.25. The van der Waals surface area contributed by atoms with Crippen LogP contribution in [0.2, 0.25) is 0 Å². The lowest BCUT2D eigenvalue weighted by molar-refractivity contribution is -0.137. The Morgan fingerprint density at radius 3 is 2.54 bits per heavy atom. The van der Waals surface area contributed by atoms with Gasteiger partial charge in [-0.3, -0.25) is 4.79 Å². The van der Waals surface area contributed by atoms with Gasteiger partial charge in [0, 0.05) is 5.56 Å². The molecule has 0 aromatic heterocycles. The molecule has 2 aromatic carbocycles. The van der Waals surface area contributed by atoms with E-state index in [4.69, 9.17) is 14.2 Å². The molecular weight excluding hydrogens is 358 g/mol. The van der Waals surface area contributed by atoms with E-state index < -0.39 is 18.4 Å². The van der Waals surface area contributed by atoms with Gasteiger partial charge in [-0.25, -0.2) is 4.79 Å². The Kier molecular flexibility index (Phi) is 5.75. The number of fused-ring (bicyclic) bond motifs is 1. The molecule has 6 nitrogen and oxygen atoms in total. The van der Waals surface area contributed by atoms with Gasteiger partial charge < -0.3 is 14.2 Å². The van der Waals surface area contributed by atoms with Crippen molar-refractivity contribution in [2.75, 3.05) is 13.4 Å². The number of hydrogen-bond donors (Lipinski definition) is 0. The number of nitriles is 1. The summed E-state index contributed by atoms with van der Waals surface area (Å²) < 4.78 is 15.4. The highest BCUT2D eigenvalue weighted by Gasteiger charge is 2.18. The van der Waals surface area contributed by atoms with E-state index in [1.54, 1.807) is 12.1 Å². The molecule has 3 rings (SSSR count). The second-order valence-electron chi connectivity index (χ2n) is 6.56. The molecule has 0 atom stereocenters. The van der Waals surface area contributed by atoms with E-state index in [1.165, 1.54) is 12.1 Å². The van der Waals surface area contributed by atoms with Crippen LogP contribution in [0.25, 0.3) is 6.08 Å². The molecule has 0 unspecified atom stereocenters. The van der Waals surface area contributed by atoms with Crippen molar-refractivity contribution in [3.05, 3.63) is 64.7 Å². The molecular formula is C22H19NO5. The highest BCUT2D eigenvalue weighted by atomic mass is 16.7. The van der Waals surface area contributed by atoms with Crippen LogP contribution in [-0.4, -0.2) is 25.2 Å². The van der Waals surface area contributed by atoms with E-state index in [1.807, 2.05) is 30.3 Å². The molecule has 0 amide bonds. The summed E-state index contributed by atoms with van der Waals surface area (Å²) in [6, 6.07) is 14.1. The Balaban J connectivity index is 1.63. The molecule has 1 heterocycles. The third-order valence-corrected chi connectivity index (χ3v) is 4.28. The Bertz CT molecular complexity index is 967. The molecule has 0 fully saturated rings. The summed E-state index contributed by atoms with van der Waals surface area (Å²) >= 11 is 0. The lowest BCUT2D eigenvalue weighted by atomic mass is 10.0. The van der Waals surface area contributed by atoms with Crippen LogP contribution in [0.4, 0.5) is 0 Å². The molecule has 28 heavy (non-hydrogen) atoms. The zero-order valence-corrected chi connectivity index (χ0v) is 15.6. The van der Waals surface area contributed by atoms with Crippen molar-refractivity contribution in [3.8, 4) is 17.6 Å².